The van der Waals surface area contributed by atoms with E-state index in [0.29, 0.717) is 48.7 Å². The Morgan fingerprint density at radius 1 is 0.545 bits per heavy atom. The van der Waals surface area contributed by atoms with Gasteiger partial charge in [0.15, 0.2) is 0 Å². The maximum atomic E-state index is 14.1. The molecule has 15 heteroatoms. The van der Waals surface area contributed by atoms with Crippen molar-refractivity contribution in [1.29, 1.82) is 0 Å². The summed E-state index contributed by atoms with van der Waals surface area (Å²) in [6, 6.07) is 28.3. The second kappa shape index (κ2) is 21.6. The number of hydrogen-bond donors (Lipinski definition) is 4. The highest BCUT2D eigenvalue weighted by molar-refractivity contribution is 5.88. The first-order chi connectivity index (χ1) is 31.5. The van der Waals surface area contributed by atoms with Gasteiger partial charge in [-0.1, -0.05) is 98.8 Å². The summed E-state index contributed by atoms with van der Waals surface area (Å²) in [5.41, 5.74) is 4.82. The van der Waals surface area contributed by atoms with Crippen molar-refractivity contribution in [3.8, 4) is 33.8 Å². The van der Waals surface area contributed by atoms with Gasteiger partial charge in [-0.15, -0.1) is 0 Å². The van der Waals surface area contributed by atoms with Gasteiger partial charge in [0.25, 0.3) is 0 Å². The van der Waals surface area contributed by atoms with Gasteiger partial charge in [0.1, 0.15) is 34.9 Å². The molecule has 2 atom stereocenters. The molecule has 66 heavy (non-hydrogen) atoms. The Hall–Kier alpha value is -7.29. The van der Waals surface area contributed by atoms with Gasteiger partial charge in [0.2, 0.25) is 11.8 Å². The molecular formula is C51H61N9O6. The number of imidazole rings is 2. The molecule has 3 aromatic carbocycles. The van der Waals surface area contributed by atoms with Crippen molar-refractivity contribution in [3.63, 3.8) is 0 Å². The maximum absolute atomic E-state index is 14.1. The summed E-state index contributed by atoms with van der Waals surface area (Å²) in [6.45, 7) is 16.0. The number of rotatable bonds is 17. The lowest BCUT2D eigenvalue weighted by Gasteiger charge is -2.28. The molecule has 0 saturated heterocycles. The third-order valence-corrected chi connectivity index (χ3v) is 10.2. The zero-order chi connectivity index (χ0) is 47.4. The van der Waals surface area contributed by atoms with Crippen LogP contribution in [0.3, 0.4) is 0 Å². The van der Waals surface area contributed by atoms with Crippen LogP contribution in [-0.2, 0) is 32.2 Å². The van der Waals surface area contributed by atoms with Gasteiger partial charge in [-0.05, 0) is 83.2 Å². The Morgan fingerprint density at radius 3 is 1.35 bits per heavy atom. The molecule has 0 bridgehead atoms. The summed E-state index contributed by atoms with van der Waals surface area (Å²) in [6.07, 6.45) is 5.32. The molecule has 0 saturated carbocycles. The van der Waals surface area contributed by atoms with Crippen molar-refractivity contribution in [1.82, 2.24) is 45.4 Å². The van der Waals surface area contributed by atoms with Crippen molar-refractivity contribution < 1.29 is 28.7 Å². The molecule has 15 nitrogen and oxygen atoms in total. The van der Waals surface area contributed by atoms with E-state index in [1.807, 2.05) is 111 Å². The lowest BCUT2D eigenvalue weighted by molar-refractivity contribution is -0.135. The number of nitrogens with one attached hydrogen (secondary N) is 4. The van der Waals surface area contributed by atoms with E-state index >= 15 is 0 Å². The van der Waals surface area contributed by atoms with Gasteiger partial charge < -0.3 is 39.9 Å². The van der Waals surface area contributed by atoms with Crippen LogP contribution >= 0.6 is 0 Å². The molecule has 0 aliphatic heterocycles. The molecular weight excluding hydrogens is 835 g/mol. The smallest absolute Gasteiger partial charge is 0.408 e. The number of carbonyl (C=O) groups is 4. The van der Waals surface area contributed by atoms with Crippen LogP contribution in [0.1, 0.15) is 103 Å². The number of hydrogen-bond acceptors (Lipinski definition) is 9. The fourth-order valence-electron chi connectivity index (χ4n) is 7.24. The van der Waals surface area contributed by atoms with Crippen LogP contribution in [-0.4, -0.2) is 83.0 Å². The number of ether oxygens (including phenoxy) is 2. The standard InChI is InChI=1S/C51H61N9O6/c1-9-27-59(46(61)44(36-17-13-11-14-18-36)57-48(63)65-50(3,4)5)32-42-53-30-40(55-42)35-23-21-34(22-24-35)39-26-25-38(29-52-39)41-31-54-43(56-41)33-60(28-10-2)47(62)45(37-19-15-12-16-20-37)58-49(64)66-51(6,7)8/h11-26,29-31,44-45H,9-10,27-28,32-33H2,1-8H3,(H,53,55)(H,54,56)(H,57,63)(H,58,64). The van der Waals surface area contributed by atoms with Gasteiger partial charge >= 0.3 is 12.2 Å². The highest BCUT2D eigenvalue weighted by Crippen LogP contribution is 2.27. The number of pyridine rings is 1. The van der Waals surface area contributed by atoms with E-state index in [4.69, 9.17) is 14.5 Å². The first-order valence-corrected chi connectivity index (χ1v) is 22.3. The fraction of sp³-hybridized carbons (Fsp3) is 0.353. The Balaban J connectivity index is 1.10. The minimum absolute atomic E-state index is 0.207. The minimum atomic E-state index is -0.945. The van der Waals surface area contributed by atoms with Gasteiger partial charge in [-0.2, -0.15) is 0 Å². The molecule has 3 aromatic heterocycles. The van der Waals surface area contributed by atoms with E-state index < -0.39 is 35.5 Å². The van der Waals surface area contributed by atoms with E-state index in [9.17, 15) is 19.2 Å². The van der Waals surface area contributed by atoms with Crippen LogP contribution < -0.4 is 10.6 Å². The highest BCUT2D eigenvalue weighted by atomic mass is 16.6. The fourth-order valence-corrected chi connectivity index (χ4v) is 7.24. The Bertz CT molecular complexity index is 2350. The van der Waals surface area contributed by atoms with Crippen molar-refractivity contribution in [2.45, 2.75) is 105 Å². The van der Waals surface area contributed by atoms with E-state index in [1.165, 1.54) is 0 Å². The molecule has 0 aliphatic carbocycles. The van der Waals surface area contributed by atoms with Crippen molar-refractivity contribution in [3.05, 3.63) is 138 Å². The zero-order valence-corrected chi connectivity index (χ0v) is 39.1. The number of carbonyl (C=O) groups excluding carboxylic acids is 4. The van der Waals surface area contributed by atoms with Gasteiger partial charge in [0.05, 0.1) is 42.6 Å². The average molecular weight is 896 g/mol. The van der Waals surface area contributed by atoms with E-state index in [-0.39, 0.29) is 24.9 Å². The lowest BCUT2D eigenvalue weighted by atomic mass is 10.1. The normalized spacial score (nSPS) is 12.4. The molecule has 4 N–H and O–H groups in total. The number of nitrogens with zero attached hydrogens (tertiary/aromatic N) is 5. The summed E-state index contributed by atoms with van der Waals surface area (Å²) < 4.78 is 11.0. The quantitative estimate of drug-likeness (QED) is 0.0692. The summed E-state index contributed by atoms with van der Waals surface area (Å²) in [5, 5.41) is 5.57. The molecule has 0 fully saturated rings. The first-order valence-electron chi connectivity index (χ1n) is 22.3. The lowest BCUT2D eigenvalue weighted by Crippen LogP contribution is -2.44. The van der Waals surface area contributed by atoms with Crippen LogP contribution in [0.15, 0.2) is 116 Å². The van der Waals surface area contributed by atoms with E-state index in [2.05, 4.69) is 30.6 Å². The second-order valence-electron chi connectivity index (χ2n) is 18.0. The van der Waals surface area contributed by atoms with Crippen LogP contribution in [0.25, 0.3) is 33.8 Å². The molecule has 2 unspecified atom stereocenters. The molecule has 0 radical (unpaired) electrons. The summed E-state index contributed by atoms with van der Waals surface area (Å²) >= 11 is 0. The Morgan fingerprint density at radius 2 is 0.955 bits per heavy atom. The Kier molecular flexibility index (Phi) is 15.8. The molecule has 0 aliphatic rings. The second-order valence-corrected chi connectivity index (χ2v) is 18.0. The highest BCUT2D eigenvalue weighted by Gasteiger charge is 2.31. The van der Waals surface area contributed by atoms with Crippen molar-refractivity contribution in [2.24, 2.45) is 0 Å². The number of amides is 4. The first kappa shape index (κ1) is 48.2. The van der Waals surface area contributed by atoms with Crippen LogP contribution in [0.5, 0.6) is 0 Å². The van der Waals surface area contributed by atoms with Gasteiger partial charge in [-0.25, -0.2) is 19.6 Å². The summed E-state index contributed by atoms with van der Waals surface area (Å²) in [7, 11) is 0. The Labute approximate surface area is 386 Å². The monoisotopic (exact) mass is 895 g/mol. The molecule has 346 valence electrons. The predicted molar refractivity (Wildman–Crippen MR) is 253 cm³/mol. The summed E-state index contributed by atoms with van der Waals surface area (Å²) in [5.74, 6) is 0.659. The zero-order valence-electron chi connectivity index (χ0n) is 39.1. The number of aromatic nitrogens is 5. The van der Waals surface area contributed by atoms with Gasteiger partial charge in [-0.3, -0.25) is 14.6 Å². The molecule has 6 rings (SSSR count). The number of aromatic amines is 2. The summed E-state index contributed by atoms with van der Waals surface area (Å²) in [4.78, 5) is 77.9. The number of alkyl carbamates (subject to hydrolysis) is 2. The van der Waals surface area contributed by atoms with E-state index in [0.717, 1.165) is 33.8 Å². The maximum Gasteiger partial charge on any atom is 0.408 e. The third-order valence-electron chi connectivity index (χ3n) is 10.2. The van der Waals surface area contributed by atoms with Crippen molar-refractivity contribution in [2.75, 3.05) is 13.1 Å². The van der Waals surface area contributed by atoms with Crippen LogP contribution in [0.2, 0.25) is 0 Å². The number of H-pyrrole nitrogens is 2. The molecule has 0 spiro atoms. The predicted octanol–water partition coefficient (Wildman–Crippen LogP) is 9.54. The molecule has 4 amide bonds. The third kappa shape index (κ3) is 13.4. The molecule has 6 aromatic rings. The van der Waals surface area contributed by atoms with Crippen LogP contribution in [0.4, 0.5) is 9.59 Å². The topological polar surface area (TPSA) is 188 Å². The molecule has 3 heterocycles. The van der Waals surface area contributed by atoms with Gasteiger partial charge in [0, 0.05) is 30.4 Å². The number of benzene rings is 3. The minimum Gasteiger partial charge on any atom is -0.444 e. The van der Waals surface area contributed by atoms with Crippen LogP contribution in [0, 0.1) is 0 Å². The van der Waals surface area contributed by atoms with E-state index in [1.54, 1.807) is 69.9 Å². The van der Waals surface area contributed by atoms with Crippen molar-refractivity contribution >= 4 is 24.0 Å². The average Bonchev–Trinajstić information content (AvgIpc) is 3.96. The largest absolute Gasteiger partial charge is 0.444 e. The SMILES string of the molecule is CCCN(Cc1ncc(-c2ccc(-c3ccc(-c4cnc(CN(CCC)C(=O)C(NC(=O)OC(C)(C)C)c5ccccc5)[nH]4)cn3)cc2)[nH]1)C(=O)C(NC(=O)OC(C)(C)C)c1ccccc1.